The maximum atomic E-state index is 11.8. The van der Waals surface area contributed by atoms with Gasteiger partial charge in [-0.15, -0.1) is 0 Å². The first-order chi connectivity index (χ1) is 12.5. The number of amides is 1. The number of piperidine rings is 1. The van der Waals surface area contributed by atoms with Crippen molar-refractivity contribution in [2.75, 3.05) is 18.0 Å². The molecule has 3 aliphatic rings. The molecule has 1 aliphatic carbocycles. The number of nitrogens with zero attached hydrogens (tertiary/aromatic N) is 3. The molecule has 0 radical (unpaired) electrons. The number of aliphatic carboxylic acids is 1. The molecule has 7 nitrogen and oxygen atoms in total. The Kier molecular flexibility index (Phi) is 4.06. The van der Waals surface area contributed by atoms with E-state index in [0.717, 1.165) is 31.4 Å². The average Bonchev–Trinajstić information content (AvgIpc) is 2.97. The van der Waals surface area contributed by atoms with Crippen molar-refractivity contribution < 1.29 is 14.7 Å². The first-order valence-electron chi connectivity index (χ1n) is 9.24. The van der Waals surface area contributed by atoms with Crippen LogP contribution in [0.4, 0.5) is 5.82 Å². The average molecular weight is 354 g/mol. The highest BCUT2D eigenvalue weighted by Gasteiger charge is 2.51. The number of rotatable bonds is 2. The maximum Gasteiger partial charge on any atom is 0.309 e. The molecule has 1 amide bonds. The molecule has 26 heavy (non-hydrogen) atoms. The van der Waals surface area contributed by atoms with Gasteiger partial charge >= 0.3 is 5.97 Å². The minimum Gasteiger partial charge on any atom is -0.481 e. The Bertz CT molecular complexity index is 806. The van der Waals surface area contributed by atoms with Crippen LogP contribution in [0, 0.1) is 17.2 Å². The van der Waals surface area contributed by atoms with Crippen LogP contribution in [0.1, 0.15) is 48.9 Å². The number of aryl methyl sites for hydroxylation is 2. The van der Waals surface area contributed by atoms with Crippen LogP contribution in [0.25, 0.3) is 0 Å². The molecule has 1 aromatic rings. The lowest BCUT2D eigenvalue weighted by molar-refractivity contribution is -0.144. The number of anilines is 1. The summed E-state index contributed by atoms with van der Waals surface area (Å²) >= 11 is 0. The van der Waals surface area contributed by atoms with Gasteiger partial charge in [0, 0.05) is 25.2 Å². The van der Waals surface area contributed by atoms with Crippen LogP contribution in [-0.2, 0) is 22.4 Å². The molecule has 1 unspecified atom stereocenters. The summed E-state index contributed by atoms with van der Waals surface area (Å²) in [6.45, 7) is 1.18. The van der Waals surface area contributed by atoms with E-state index in [1.54, 1.807) is 0 Å². The van der Waals surface area contributed by atoms with Crippen molar-refractivity contribution in [1.29, 1.82) is 5.26 Å². The smallest absolute Gasteiger partial charge is 0.309 e. The normalized spacial score (nSPS) is 24.0. The summed E-state index contributed by atoms with van der Waals surface area (Å²) in [6.07, 6.45) is 5.35. The Morgan fingerprint density at radius 1 is 1.35 bits per heavy atom. The van der Waals surface area contributed by atoms with Crippen molar-refractivity contribution in [2.45, 2.75) is 50.5 Å². The van der Waals surface area contributed by atoms with Crippen molar-refractivity contribution >= 4 is 17.7 Å². The first-order valence-corrected chi connectivity index (χ1v) is 9.24. The van der Waals surface area contributed by atoms with Crippen LogP contribution >= 0.6 is 0 Å². The zero-order valence-electron chi connectivity index (χ0n) is 14.6. The van der Waals surface area contributed by atoms with E-state index in [1.807, 2.05) is 6.07 Å². The van der Waals surface area contributed by atoms with Gasteiger partial charge in [0.15, 0.2) is 0 Å². The Morgan fingerprint density at radius 3 is 2.77 bits per heavy atom. The molecule has 1 atom stereocenters. The van der Waals surface area contributed by atoms with Gasteiger partial charge in [-0.25, -0.2) is 4.98 Å². The van der Waals surface area contributed by atoms with Gasteiger partial charge in [0.1, 0.15) is 11.9 Å². The van der Waals surface area contributed by atoms with E-state index >= 15 is 0 Å². The van der Waals surface area contributed by atoms with Crippen LogP contribution in [0.5, 0.6) is 0 Å². The number of fused-ring (bicyclic) bond motifs is 1. The van der Waals surface area contributed by atoms with E-state index in [4.69, 9.17) is 4.98 Å². The van der Waals surface area contributed by atoms with Crippen molar-refractivity contribution in [2.24, 2.45) is 5.92 Å². The molecule has 2 fully saturated rings. The van der Waals surface area contributed by atoms with Gasteiger partial charge in [-0.3, -0.25) is 9.59 Å². The highest BCUT2D eigenvalue weighted by atomic mass is 16.4. The maximum absolute atomic E-state index is 11.8. The molecule has 2 saturated heterocycles. The zero-order chi connectivity index (χ0) is 18.3. The number of carbonyl (C=O) groups is 2. The summed E-state index contributed by atoms with van der Waals surface area (Å²) in [6, 6.07) is 4.24. The molecule has 1 spiro atoms. The lowest BCUT2D eigenvalue weighted by Gasteiger charge is -2.42. The summed E-state index contributed by atoms with van der Waals surface area (Å²) in [5.41, 5.74) is 2.19. The van der Waals surface area contributed by atoms with Crippen molar-refractivity contribution in [3.8, 4) is 6.07 Å². The minimum atomic E-state index is -0.915. The molecule has 0 aromatic carbocycles. The van der Waals surface area contributed by atoms with E-state index in [9.17, 15) is 20.0 Å². The second kappa shape index (κ2) is 6.27. The number of carboxylic acids is 1. The van der Waals surface area contributed by atoms with Gasteiger partial charge in [0.05, 0.1) is 17.0 Å². The van der Waals surface area contributed by atoms with Crippen molar-refractivity contribution in [3.63, 3.8) is 0 Å². The molecule has 0 bridgehead atoms. The molecule has 2 aliphatic heterocycles. The van der Waals surface area contributed by atoms with Crippen molar-refractivity contribution in [1.82, 2.24) is 10.3 Å². The molecular weight excluding hydrogens is 332 g/mol. The zero-order valence-corrected chi connectivity index (χ0v) is 14.6. The first kappa shape index (κ1) is 16.8. The Morgan fingerprint density at radius 2 is 2.08 bits per heavy atom. The van der Waals surface area contributed by atoms with E-state index in [-0.39, 0.29) is 12.3 Å². The SMILES string of the molecule is N#Cc1cc2c(nc1N1CCC3(CC1)NC(=O)CC3C(=O)O)CCCC2. The number of aromatic nitrogens is 1. The summed E-state index contributed by atoms with van der Waals surface area (Å²) in [5.74, 6) is -1.07. The van der Waals surface area contributed by atoms with Gasteiger partial charge in [0.25, 0.3) is 0 Å². The number of hydrogen-bond donors (Lipinski definition) is 2. The quantitative estimate of drug-likeness (QED) is 0.831. The van der Waals surface area contributed by atoms with Crippen molar-refractivity contribution in [3.05, 3.63) is 22.9 Å². The number of nitrogens with one attached hydrogen (secondary N) is 1. The highest BCUT2D eigenvalue weighted by molar-refractivity contribution is 5.88. The Hall–Kier alpha value is -2.62. The number of carboxylic acid groups (broad SMARTS) is 1. The fourth-order valence-electron chi connectivity index (χ4n) is 4.66. The fourth-order valence-corrected chi connectivity index (χ4v) is 4.66. The van der Waals surface area contributed by atoms with Gasteiger partial charge < -0.3 is 15.3 Å². The van der Waals surface area contributed by atoms with Gasteiger partial charge in [-0.1, -0.05) is 0 Å². The van der Waals surface area contributed by atoms with Crippen LogP contribution in [-0.4, -0.2) is 40.6 Å². The van der Waals surface area contributed by atoms with E-state index in [2.05, 4.69) is 16.3 Å². The Balaban J connectivity index is 1.58. The molecule has 7 heteroatoms. The van der Waals surface area contributed by atoms with Gasteiger partial charge in [0.2, 0.25) is 5.91 Å². The van der Waals surface area contributed by atoms with Gasteiger partial charge in [-0.05, 0) is 50.2 Å². The second-order valence-electron chi connectivity index (χ2n) is 7.57. The number of hydrogen-bond acceptors (Lipinski definition) is 5. The largest absolute Gasteiger partial charge is 0.481 e. The number of nitriles is 1. The third-order valence-electron chi connectivity index (χ3n) is 6.10. The molecule has 2 N–H and O–H groups in total. The van der Waals surface area contributed by atoms with E-state index in [1.165, 1.54) is 5.56 Å². The number of pyridine rings is 1. The fraction of sp³-hybridized carbons (Fsp3) is 0.579. The summed E-state index contributed by atoms with van der Waals surface area (Å²) in [5, 5.41) is 22.0. The Labute approximate surface area is 152 Å². The predicted octanol–water partition coefficient (Wildman–Crippen LogP) is 1.39. The molecule has 1 aromatic heterocycles. The van der Waals surface area contributed by atoms with Gasteiger partial charge in [-0.2, -0.15) is 5.26 Å². The number of carbonyl (C=O) groups excluding carboxylic acids is 1. The van der Waals surface area contributed by atoms with Crippen LogP contribution in [0.3, 0.4) is 0 Å². The van der Waals surface area contributed by atoms with Crippen LogP contribution in [0.15, 0.2) is 6.07 Å². The molecule has 0 saturated carbocycles. The third-order valence-corrected chi connectivity index (χ3v) is 6.10. The lowest BCUT2D eigenvalue weighted by atomic mass is 9.77. The van der Waals surface area contributed by atoms with Crippen LogP contribution < -0.4 is 10.2 Å². The summed E-state index contributed by atoms with van der Waals surface area (Å²) < 4.78 is 0. The summed E-state index contributed by atoms with van der Waals surface area (Å²) in [7, 11) is 0. The monoisotopic (exact) mass is 354 g/mol. The lowest BCUT2D eigenvalue weighted by Crippen LogP contribution is -2.56. The second-order valence-corrected chi connectivity index (χ2v) is 7.57. The van der Waals surface area contributed by atoms with Crippen LogP contribution in [0.2, 0.25) is 0 Å². The third kappa shape index (κ3) is 2.70. The predicted molar refractivity (Wildman–Crippen MR) is 93.7 cm³/mol. The highest BCUT2D eigenvalue weighted by Crippen LogP contribution is 2.38. The molecule has 4 rings (SSSR count). The van der Waals surface area contributed by atoms with E-state index < -0.39 is 17.4 Å². The van der Waals surface area contributed by atoms with E-state index in [0.29, 0.717) is 37.3 Å². The molecule has 3 heterocycles. The molecule has 136 valence electrons. The summed E-state index contributed by atoms with van der Waals surface area (Å²) in [4.78, 5) is 30.2. The molecular formula is C19H22N4O3. The minimum absolute atomic E-state index is 0.0515. The topological polar surface area (TPSA) is 106 Å². The standard InChI is InChI=1S/C19H22N4O3/c20-11-13-9-12-3-1-2-4-15(12)21-17(13)23-7-5-19(6-8-23)14(18(25)26)10-16(24)22-19/h9,14H,1-8,10H2,(H,22,24)(H,25,26).